The maximum Gasteiger partial charge on any atom is 0.312 e. The number of rotatable bonds is 8. The Morgan fingerprint density at radius 3 is 2.17 bits per heavy atom. The quantitative estimate of drug-likeness (QED) is 0.268. The van der Waals surface area contributed by atoms with Gasteiger partial charge in [-0.1, -0.05) is 62.9 Å². The van der Waals surface area contributed by atoms with E-state index in [0.717, 1.165) is 11.3 Å². The highest BCUT2D eigenvalue weighted by atomic mass is 16.5. The number of para-hydroxylation sites is 1. The molecule has 0 saturated carbocycles. The number of carbonyl (C=O) groups excluding carboxylic acids is 1. The van der Waals surface area contributed by atoms with E-state index >= 15 is 0 Å². The molecule has 5 nitrogen and oxygen atoms in total. The van der Waals surface area contributed by atoms with E-state index in [9.17, 15) is 10.1 Å². The van der Waals surface area contributed by atoms with Crippen molar-refractivity contribution in [3.05, 3.63) is 90.0 Å². The van der Waals surface area contributed by atoms with Gasteiger partial charge in [-0.25, -0.2) is 0 Å². The van der Waals surface area contributed by atoms with E-state index < -0.39 is 18.0 Å². The van der Waals surface area contributed by atoms with Gasteiger partial charge >= 0.3 is 5.97 Å². The summed E-state index contributed by atoms with van der Waals surface area (Å²) >= 11 is 0. The standard InChI is InChI=1S/C31H32N2O3/c1-22(2)30(23(3)14-15-24-16-18-26(19-17-24)33(4)5)31(34)36-29(21-32)25-10-9-13-28(20-25)35-27-11-7-6-8-12-27/h6-13,16-20,22-23,29-30H,1-5H3. The molecule has 0 saturated heterocycles. The molecule has 3 aromatic carbocycles. The third-order valence-electron chi connectivity index (χ3n) is 5.85. The molecule has 0 aliphatic heterocycles. The molecule has 0 radical (unpaired) electrons. The predicted molar refractivity (Wildman–Crippen MR) is 143 cm³/mol. The van der Waals surface area contributed by atoms with Gasteiger partial charge < -0.3 is 14.4 Å². The van der Waals surface area contributed by atoms with Gasteiger partial charge in [0.1, 0.15) is 17.6 Å². The summed E-state index contributed by atoms with van der Waals surface area (Å²) in [6.45, 7) is 5.85. The molecule has 3 rings (SSSR count). The van der Waals surface area contributed by atoms with Crippen LogP contribution in [0.5, 0.6) is 11.5 Å². The highest BCUT2D eigenvalue weighted by Gasteiger charge is 2.31. The van der Waals surface area contributed by atoms with Gasteiger partial charge in [0.05, 0.1) is 5.92 Å². The molecule has 184 valence electrons. The first-order chi connectivity index (χ1) is 17.3. The molecule has 0 N–H and O–H groups in total. The average Bonchev–Trinajstić information content (AvgIpc) is 2.87. The van der Waals surface area contributed by atoms with Crippen molar-refractivity contribution >= 4 is 11.7 Å². The number of anilines is 1. The van der Waals surface area contributed by atoms with E-state index in [2.05, 4.69) is 17.9 Å². The lowest BCUT2D eigenvalue weighted by Gasteiger charge is -2.24. The molecule has 0 aliphatic rings. The Kier molecular flexibility index (Phi) is 9.14. The minimum absolute atomic E-state index is 0.00925. The van der Waals surface area contributed by atoms with E-state index in [-0.39, 0.29) is 11.8 Å². The van der Waals surface area contributed by atoms with E-state index in [1.165, 1.54) is 0 Å². The largest absolute Gasteiger partial charge is 0.457 e. The van der Waals surface area contributed by atoms with Crippen LogP contribution in [0.2, 0.25) is 0 Å². The van der Waals surface area contributed by atoms with Crippen molar-refractivity contribution in [2.45, 2.75) is 26.9 Å². The van der Waals surface area contributed by atoms with Crippen LogP contribution in [-0.4, -0.2) is 20.1 Å². The van der Waals surface area contributed by atoms with Crippen LogP contribution in [0.15, 0.2) is 78.9 Å². The Balaban J connectivity index is 1.72. The Hall–Kier alpha value is -4.22. The highest BCUT2D eigenvalue weighted by molar-refractivity contribution is 5.74. The fourth-order valence-corrected chi connectivity index (χ4v) is 3.91. The molecule has 36 heavy (non-hydrogen) atoms. The van der Waals surface area contributed by atoms with Crippen LogP contribution in [0.1, 0.15) is 38.0 Å². The molecule has 5 heteroatoms. The van der Waals surface area contributed by atoms with Crippen molar-refractivity contribution in [2.24, 2.45) is 17.8 Å². The summed E-state index contributed by atoms with van der Waals surface area (Å²) in [6, 6.07) is 26.5. The van der Waals surface area contributed by atoms with Gasteiger partial charge in [0.25, 0.3) is 0 Å². The van der Waals surface area contributed by atoms with Crippen LogP contribution in [-0.2, 0) is 9.53 Å². The van der Waals surface area contributed by atoms with Gasteiger partial charge in [0.2, 0.25) is 6.10 Å². The fourth-order valence-electron chi connectivity index (χ4n) is 3.91. The average molecular weight is 481 g/mol. The van der Waals surface area contributed by atoms with E-state index in [1.807, 2.05) is 94.4 Å². The summed E-state index contributed by atoms with van der Waals surface area (Å²) in [5, 5.41) is 9.78. The molecular weight excluding hydrogens is 448 g/mol. The zero-order chi connectivity index (χ0) is 26.1. The van der Waals surface area contributed by atoms with Crippen LogP contribution in [0, 0.1) is 40.9 Å². The molecule has 3 atom stereocenters. The predicted octanol–water partition coefficient (Wildman–Crippen LogP) is 6.61. The number of carbonyl (C=O) groups is 1. The first-order valence-electron chi connectivity index (χ1n) is 12.0. The van der Waals surface area contributed by atoms with Gasteiger partial charge in [-0.15, -0.1) is 0 Å². The molecule has 0 aliphatic carbocycles. The van der Waals surface area contributed by atoms with Crippen LogP contribution < -0.4 is 9.64 Å². The summed E-state index contributed by atoms with van der Waals surface area (Å²) in [7, 11) is 3.98. The smallest absolute Gasteiger partial charge is 0.312 e. The minimum atomic E-state index is -1.04. The van der Waals surface area contributed by atoms with Gasteiger partial charge in [0.15, 0.2) is 0 Å². The molecular formula is C31H32N2O3. The summed E-state index contributed by atoms with van der Waals surface area (Å²) in [5.41, 5.74) is 2.54. The Morgan fingerprint density at radius 1 is 0.889 bits per heavy atom. The van der Waals surface area contributed by atoms with Crippen molar-refractivity contribution in [2.75, 3.05) is 19.0 Å². The Bertz CT molecular complexity index is 1250. The maximum absolute atomic E-state index is 13.2. The third-order valence-corrected chi connectivity index (χ3v) is 5.85. The van der Waals surface area contributed by atoms with Crippen molar-refractivity contribution < 1.29 is 14.3 Å². The first-order valence-corrected chi connectivity index (χ1v) is 12.0. The lowest BCUT2D eigenvalue weighted by Crippen LogP contribution is -2.29. The summed E-state index contributed by atoms with van der Waals surface area (Å²) in [6.07, 6.45) is -1.04. The molecule has 0 amide bonds. The minimum Gasteiger partial charge on any atom is -0.457 e. The van der Waals surface area contributed by atoms with Crippen molar-refractivity contribution in [1.29, 1.82) is 5.26 Å². The van der Waals surface area contributed by atoms with Crippen molar-refractivity contribution in [3.8, 4) is 29.4 Å². The molecule has 0 spiro atoms. The SMILES string of the molecule is CC(C)C(C(=O)OC(C#N)c1cccc(Oc2ccccc2)c1)C(C)C#Cc1ccc(N(C)C)cc1. The number of esters is 1. The molecule has 0 heterocycles. The number of hydrogen-bond donors (Lipinski definition) is 0. The number of nitriles is 1. The monoisotopic (exact) mass is 480 g/mol. The molecule has 0 fully saturated rings. The Labute approximate surface area is 214 Å². The fraction of sp³-hybridized carbons (Fsp3) is 0.290. The molecule has 0 bridgehead atoms. The van der Waals surface area contributed by atoms with Gasteiger partial charge in [-0.3, -0.25) is 4.79 Å². The second-order valence-electron chi connectivity index (χ2n) is 9.20. The number of hydrogen-bond acceptors (Lipinski definition) is 5. The molecule has 0 aromatic heterocycles. The Morgan fingerprint density at radius 2 is 1.56 bits per heavy atom. The van der Waals surface area contributed by atoms with E-state index in [4.69, 9.17) is 9.47 Å². The van der Waals surface area contributed by atoms with Crippen LogP contribution >= 0.6 is 0 Å². The molecule has 3 aromatic rings. The second-order valence-corrected chi connectivity index (χ2v) is 9.20. The highest BCUT2D eigenvalue weighted by Crippen LogP contribution is 2.29. The third kappa shape index (κ3) is 7.14. The van der Waals surface area contributed by atoms with Crippen molar-refractivity contribution in [1.82, 2.24) is 0 Å². The van der Waals surface area contributed by atoms with E-state index in [1.54, 1.807) is 24.3 Å². The number of nitrogens with zero attached hydrogens (tertiary/aromatic N) is 2. The van der Waals surface area contributed by atoms with Crippen LogP contribution in [0.4, 0.5) is 5.69 Å². The normalized spacial score (nSPS) is 12.9. The molecule has 3 unspecified atom stereocenters. The summed E-state index contributed by atoms with van der Waals surface area (Å²) in [5.74, 6) is 6.46. The lowest BCUT2D eigenvalue weighted by molar-refractivity contribution is -0.154. The maximum atomic E-state index is 13.2. The summed E-state index contributed by atoms with van der Waals surface area (Å²) in [4.78, 5) is 15.2. The van der Waals surface area contributed by atoms with Gasteiger partial charge in [-0.05, 0) is 54.4 Å². The van der Waals surface area contributed by atoms with Gasteiger partial charge in [-0.2, -0.15) is 5.26 Å². The first kappa shape index (κ1) is 26.4. The summed E-state index contributed by atoms with van der Waals surface area (Å²) < 4.78 is 11.6. The van der Waals surface area contributed by atoms with Crippen LogP contribution in [0.25, 0.3) is 0 Å². The topological polar surface area (TPSA) is 62.6 Å². The van der Waals surface area contributed by atoms with Gasteiger partial charge in [0, 0.05) is 36.8 Å². The van der Waals surface area contributed by atoms with Crippen LogP contribution in [0.3, 0.4) is 0 Å². The lowest BCUT2D eigenvalue weighted by atomic mass is 9.84. The van der Waals surface area contributed by atoms with Crippen molar-refractivity contribution in [3.63, 3.8) is 0 Å². The second kappa shape index (κ2) is 12.5. The zero-order valence-corrected chi connectivity index (χ0v) is 21.4. The zero-order valence-electron chi connectivity index (χ0n) is 21.4. The number of benzene rings is 3. The van der Waals surface area contributed by atoms with E-state index in [0.29, 0.717) is 17.1 Å². The number of ether oxygens (including phenoxy) is 2.